The van der Waals surface area contributed by atoms with Gasteiger partial charge in [-0.25, -0.2) is 15.0 Å². The van der Waals surface area contributed by atoms with Crippen LogP contribution in [-0.2, 0) is 0 Å². The van der Waals surface area contributed by atoms with Crippen LogP contribution in [0.5, 0.6) is 11.6 Å². The number of anilines is 2. The minimum atomic E-state index is 0.279. The van der Waals surface area contributed by atoms with Crippen molar-refractivity contribution in [2.24, 2.45) is 0 Å². The summed E-state index contributed by atoms with van der Waals surface area (Å²) in [7, 11) is 0. The minimum absolute atomic E-state index is 0.279. The largest absolute Gasteiger partial charge is 0.437 e. The van der Waals surface area contributed by atoms with Crippen molar-refractivity contribution in [3.8, 4) is 23.5 Å². The van der Waals surface area contributed by atoms with Crippen LogP contribution in [0.1, 0.15) is 23.3 Å². The number of hydrogen-bond acceptors (Lipinski definition) is 7. The van der Waals surface area contributed by atoms with Gasteiger partial charge in [0, 0.05) is 17.4 Å². The maximum Gasteiger partial charge on any atom is 0.222 e. The molecule has 0 amide bonds. The van der Waals surface area contributed by atoms with Crippen molar-refractivity contribution in [1.82, 2.24) is 20.3 Å². The molecule has 4 heterocycles. The molecule has 0 radical (unpaired) electrons. The Labute approximate surface area is 195 Å². The third kappa shape index (κ3) is 4.53. The fraction of sp³-hybridized carbons (Fsp3) is 0.208. The van der Waals surface area contributed by atoms with Gasteiger partial charge >= 0.3 is 0 Å². The molecule has 1 atom stereocenters. The number of nitrogens with one attached hydrogen (secondary N) is 2. The Morgan fingerprint density at radius 3 is 2.97 bits per heavy atom. The molecule has 0 spiro atoms. The van der Waals surface area contributed by atoms with Gasteiger partial charge in [0.1, 0.15) is 12.1 Å². The molecule has 5 rings (SSSR count). The zero-order valence-electron chi connectivity index (χ0n) is 17.4. The molecule has 1 aliphatic rings. The average Bonchev–Trinajstić information content (AvgIpc) is 3.45. The fourth-order valence-corrected chi connectivity index (χ4v) is 4.59. The number of aromatic nitrogens is 3. The first-order chi connectivity index (χ1) is 15.7. The molecule has 3 aromatic heterocycles. The maximum atomic E-state index is 6.48. The summed E-state index contributed by atoms with van der Waals surface area (Å²) in [6, 6.07) is 11.6. The van der Waals surface area contributed by atoms with E-state index in [0.29, 0.717) is 16.7 Å². The normalized spacial score (nSPS) is 15.4. The highest BCUT2D eigenvalue weighted by Gasteiger charge is 2.13. The van der Waals surface area contributed by atoms with Gasteiger partial charge in [-0.15, -0.1) is 11.3 Å². The molecule has 1 aromatic carbocycles. The standard InChI is InChI=1S/C24H20ClN5OS/c1-15-4-2-11-27-24(15)31-21-9-7-17(12-19(21)25)30-23-22-20(28-14-29-23)13-18(32-22)8-6-16-5-3-10-26-16/h2,4,7,9,11-14,16,26H,3,5,10H2,1H3,(H,28,29,30)/t16-/m1/s1. The highest BCUT2D eigenvalue weighted by atomic mass is 35.5. The van der Waals surface area contributed by atoms with E-state index in [1.54, 1.807) is 23.9 Å². The number of aryl methyl sites for hydroxylation is 1. The van der Waals surface area contributed by atoms with Gasteiger partial charge in [0.15, 0.2) is 5.82 Å². The predicted octanol–water partition coefficient (Wildman–Crippen LogP) is 5.69. The number of benzene rings is 1. The van der Waals surface area contributed by atoms with Gasteiger partial charge in [-0.3, -0.25) is 0 Å². The van der Waals surface area contributed by atoms with Crippen LogP contribution < -0.4 is 15.4 Å². The second kappa shape index (κ2) is 9.13. The van der Waals surface area contributed by atoms with Crippen LogP contribution in [0.15, 0.2) is 48.9 Å². The van der Waals surface area contributed by atoms with Crippen LogP contribution >= 0.6 is 22.9 Å². The van der Waals surface area contributed by atoms with Crippen molar-refractivity contribution in [1.29, 1.82) is 0 Å². The first-order valence-electron chi connectivity index (χ1n) is 10.3. The highest BCUT2D eigenvalue weighted by molar-refractivity contribution is 7.20. The molecule has 32 heavy (non-hydrogen) atoms. The quantitative estimate of drug-likeness (QED) is 0.380. The van der Waals surface area contributed by atoms with Crippen molar-refractivity contribution in [2.75, 3.05) is 11.9 Å². The van der Waals surface area contributed by atoms with Gasteiger partial charge in [0.05, 0.1) is 26.2 Å². The van der Waals surface area contributed by atoms with E-state index < -0.39 is 0 Å². The number of ether oxygens (including phenoxy) is 1. The van der Waals surface area contributed by atoms with E-state index in [9.17, 15) is 0 Å². The van der Waals surface area contributed by atoms with E-state index in [1.165, 1.54) is 6.42 Å². The van der Waals surface area contributed by atoms with Crippen LogP contribution in [0.3, 0.4) is 0 Å². The molecule has 1 saturated heterocycles. The number of pyridine rings is 1. The number of thiophene rings is 1. The topological polar surface area (TPSA) is 72.0 Å². The molecule has 2 N–H and O–H groups in total. The predicted molar refractivity (Wildman–Crippen MR) is 129 cm³/mol. The number of nitrogens with zero attached hydrogens (tertiary/aromatic N) is 3. The third-order valence-corrected chi connectivity index (χ3v) is 6.45. The van der Waals surface area contributed by atoms with Crippen molar-refractivity contribution in [2.45, 2.75) is 25.8 Å². The molecule has 0 unspecified atom stereocenters. The monoisotopic (exact) mass is 461 g/mol. The van der Waals surface area contributed by atoms with Crippen LogP contribution in [-0.4, -0.2) is 27.5 Å². The van der Waals surface area contributed by atoms with Crippen LogP contribution in [0.2, 0.25) is 5.02 Å². The summed E-state index contributed by atoms with van der Waals surface area (Å²) >= 11 is 8.06. The molecule has 8 heteroatoms. The fourth-order valence-electron chi connectivity index (χ4n) is 3.45. The summed E-state index contributed by atoms with van der Waals surface area (Å²) in [6.07, 6.45) is 5.52. The Hall–Kier alpha value is -3.18. The lowest BCUT2D eigenvalue weighted by atomic mass is 10.2. The van der Waals surface area contributed by atoms with Crippen molar-refractivity contribution in [3.05, 3.63) is 64.4 Å². The molecule has 0 aliphatic carbocycles. The van der Waals surface area contributed by atoms with Crippen molar-refractivity contribution in [3.63, 3.8) is 0 Å². The van der Waals surface area contributed by atoms with E-state index >= 15 is 0 Å². The lowest BCUT2D eigenvalue weighted by Crippen LogP contribution is -2.18. The first kappa shape index (κ1) is 20.7. The summed E-state index contributed by atoms with van der Waals surface area (Å²) in [5.74, 6) is 8.39. The Morgan fingerprint density at radius 1 is 1.22 bits per heavy atom. The summed E-state index contributed by atoms with van der Waals surface area (Å²) in [6.45, 7) is 2.98. The van der Waals surface area contributed by atoms with E-state index in [-0.39, 0.29) is 6.04 Å². The molecule has 160 valence electrons. The van der Waals surface area contributed by atoms with E-state index in [4.69, 9.17) is 16.3 Å². The SMILES string of the molecule is Cc1cccnc1Oc1ccc(Nc2ncnc3cc(C#C[C@H]4CCCN4)sc23)cc1Cl. The summed E-state index contributed by atoms with van der Waals surface area (Å²) in [5.41, 5.74) is 2.61. The van der Waals surface area contributed by atoms with Gasteiger partial charge in [-0.1, -0.05) is 29.5 Å². The zero-order valence-corrected chi connectivity index (χ0v) is 18.9. The van der Waals surface area contributed by atoms with Gasteiger partial charge in [-0.05, 0) is 56.6 Å². The molecular formula is C24H20ClN5OS. The number of halogens is 1. The molecule has 1 aliphatic heterocycles. The van der Waals surface area contributed by atoms with E-state index in [0.717, 1.165) is 45.1 Å². The van der Waals surface area contributed by atoms with Gasteiger partial charge < -0.3 is 15.4 Å². The molecule has 1 fully saturated rings. The highest BCUT2D eigenvalue weighted by Crippen LogP contribution is 2.35. The van der Waals surface area contributed by atoms with E-state index in [2.05, 4.69) is 37.4 Å². The average molecular weight is 462 g/mol. The Bertz CT molecular complexity index is 1340. The van der Waals surface area contributed by atoms with Crippen molar-refractivity contribution >= 4 is 44.7 Å². The summed E-state index contributed by atoms with van der Waals surface area (Å²) in [4.78, 5) is 14.1. The summed E-state index contributed by atoms with van der Waals surface area (Å²) < 4.78 is 6.83. The van der Waals surface area contributed by atoms with Gasteiger partial charge in [0.2, 0.25) is 5.88 Å². The Morgan fingerprint density at radius 2 is 2.16 bits per heavy atom. The number of fused-ring (bicyclic) bond motifs is 1. The van der Waals surface area contributed by atoms with Crippen LogP contribution in [0.25, 0.3) is 10.2 Å². The Balaban J connectivity index is 1.37. The molecular weight excluding hydrogens is 442 g/mol. The van der Waals surface area contributed by atoms with Gasteiger partial charge in [0.25, 0.3) is 0 Å². The second-order valence-corrected chi connectivity index (χ2v) is 8.92. The zero-order chi connectivity index (χ0) is 21.9. The van der Waals surface area contributed by atoms with Crippen LogP contribution in [0.4, 0.5) is 11.5 Å². The lowest BCUT2D eigenvalue weighted by molar-refractivity contribution is 0.459. The van der Waals surface area contributed by atoms with Crippen molar-refractivity contribution < 1.29 is 4.74 Å². The van der Waals surface area contributed by atoms with E-state index in [1.807, 2.05) is 43.3 Å². The third-order valence-electron chi connectivity index (χ3n) is 5.10. The minimum Gasteiger partial charge on any atom is -0.437 e. The van der Waals surface area contributed by atoms with Crippen LogP contribution in [0, 0.1) is 18.8 Å². The first-order valence-corrected chi connectivity index (χ1v) is 11.5. The summed E-state index contributed by atoms with van der Waals surface area (Å²) in [5, 5.41) is 7.22. The lowest BCUT2D eigenvalue weighted by Gasteiger charge is -2.11. The smallest absolute Gasteiger partial charge is 0.222 e. The molecule has 0 bridgehead atoms. The second-order valence-electron chi connectivity index (χ2n) is 7.46. The maximum absolute atomic E-state index is 6.48. The number of rotatable bonds is 4. The Kier molecular flexibility index (Phi) is 5.91. The molecule has 6 nitrogen and oxygen atoms in total. The number of hydrogen-bond donors (Lipinski definition) is 2. The molecule has 4 aromatic rings. The molecule has 0 saturated carbocycles. The van der Waals surface area contributed by atoms with Gasteiger partial charge in [-0.2, -0.15) is 0 Å².